The lowest BCUT2D eigenvalue weighted by Gasteiger charge is -2.22. The zero-order chi connectivity index (χ0) is 21.9. The van der Waals surface area contributed by atoms with Crippen molar-refractivity contribution in [3.8, 4) is 11.1 Å². The number of rotatable bonds is 4. The molecule has 3 amide bonds. The molecule has 1 aliphatic rings. The average molecular weight is 408 g/mol. The molecule has 5 nitrogen and oxygen atoms in total. The largest absolute Gasteiger partial charge is 0.343 e. The van der Waals surface area contributed by atoms with Gasteiger partial charge in [-0.05, 0) is 46.6 Å². The first-order valence-electron chi connectivity index (χ1n) is 10.6. The first-order valence-corrected chi connectivity index (χ1v) is 10.6. The van der Waals surface area contributed by atoms with Gasteiger partial charge in [0.05, 0.1) is 0 Å². The van der Waals surface area contributed by atoms with E-state index in [1.54, 1.807) is 18.9 Å². The van der Waals surface area contributed by atoms with E-state index in [9.17, 15) is 9.59 Å². The summed E-state index contributed by atoms with van der Waals surface area (Å²) in [6.45, 7) is 10.4. The fraction of sp³-hybridized carbons (Fsp3) is 0.440. The third kappa shape index (κ3) is 5.41. The number of benzene rings is 2. The number of urea groups is 1. The van der Waals surface area contributed by atoms with Crippen LogP contribution in [-0.4, -0.2) is 48.4 Å². The minimum absolute atomic E-state index is 0.108. The number of amides is 3. The molecule has 0 saturated carbocycles. The number of anilines is 1. The van der Waals surface area contributed by atoms with E-state index in [0.717, 1.165) is 36.3 Å². The van der Waals surface area contributed by atoms with E-state index < -0.39 is 0 Å². The molecular formula is C25H33N3O2. The van der Waals surface area contributed by atoms with Crippen molar-refractivity contribution < 1.29 is 9.59 Å². The highest BCUT2D eigenvalue weighted by atomic mass is 16.2. The predicted octanol–water partition coefficient (Wildman–Crippen LogP) is 4.98. The van der Waals surface area contributed by atoms with Crippen LogP contribution in [0.15, 0.2) is 48.5 Å². The summed E-state index contributed by atoms with van der Waals surface area (Å²) in [6.07, 6.45) is 0.942. The summed E-state index contributed by atoms with van der Waals surface area (Å²) >= 11 is 0. The maximum atomic E-state index is 12.7. The van der Waals surface area contributed by atoms with Gasteiger partial charge in [0, 0.05) is 39.3 Å². The molecule has 160 valence electrons. The Kier molecular flexibility index (Phi) is 6.49. The van der Waals surface area contributed by atoms with Crippen LogP contribution in [0.4, 0.5) is 10.5 Å². The fourth-order valence-corrected chi connectivity index (χ4v) is 3.90. The van der Waals surface area contributed by atoms with Crippen molar-refractivity contribution in [3.05, 3.63) is 54.1 Å². The maximum absolute atomic E-state index is 12.7. The van der Waals surface area contributed by atoms with Gasteiger partial charge in [0.2, 0.25) is 5.91 Å². The smallest absolute Gasteiger partial charge is 0.321 e. The molecule has 0 aromatic heterocycles. The third-order valence-corrected chi connectivity index (χ3v) is 5.81. The summed E-state index contributed by atoms with van der Waals surface area (Å²) in [7, 11) is 1.81. The Morgan fingerprint density at radius 1 is 1.10 bits per heavy atom. The van der Waals surface area contributed by atoms with Gasteiger partial charge in [-0.15, -0.1) is 0 Å². The Bertz CT molecular complexity index is 899. The van der Waals surface area contributed by atoms with Gasteiger partial charge in [0.1, 0.15) is 0 Å². The van der Waals surface area contributed by atoms with Crippen LogP contribution in [0.3, 0.4) is 0 Å². The highest BCUT2D eigenvalue weighted by Gasteiger charge is 2.26. The molecule has 2 aromatic rings. The molecule has 1 unspecified atom stereocenters. The third-order valence-electron chi connectivity index (χ3n) is 5.81. The van der Waals surface area contributed by atoms with Crippen molar-refractivity contribution in [3.63, 3.8) is 0 Å². The van der Waals surface area contributed by atoms with Crippen molar-refractivity contribution in [2.75, 3.05) is 32.0 Å². The predicted molar refractivity (Wildman–Crippen MR) is 123 cm³/mol. The van der Waals surface area contributed by atoms with E-state index in [1.165, 1.54) is 5.56 Å². The minimum Gasteiger partial charge on any atom is -0.343 e. The summed E-state index contributed by atoms with van der Waals surface area (Å²) in [4.78, 5) is 27.7. The maximum Gasteiger partial charge on any atom is 0.321 e. The summed E-state index contributed by atoms with van der Waals surface area (Å²) in [5.41, 5.74) is 4.40. The number of carbonyl (C=O) groups is 2. The Labute approximate surface area is 180 Å². The lowest BCUT2D eigenvalue weighted by molar-refractivity contribution is -0.127. The van der Waals surface area contributed by atoms with Crippen LogP contribution in [0.2, 0.25) is 0 Å². The lowest BCUT2D eigenvalue weighted by Crippen LogP contribution is -2.36. The number of nitrogens with zero attached hydrogens (tertiary/aromatic N) is 2. The second kappa shape index (κ2) is 8.90. The molecule has 1 N–H and O–H groups in total. The van der Waals surface area contributed by atoms with E-state index in [2.05, 4.69) is 56.4 Å². The molecule has 2 aromatic carbocycles. The molecule has 0 aliphatic carbocycles. The van der Waals surface area contributed by atoms with Gasteiger partial charge < -0.3 is 15.1 Å². The molecule has 1 fully saturated rings. The van der Waals surface area contributed by atoms with Crippen LogP contribution in [0, 0.1) is 5.92 Å². The molecule has 30 heavy (non-hydrogen) atoms. The van der Waals surface area contributed by atoms with Crippen LogP contribution < -0.4 is 5.32 Å². The van der Waals surface area contributed by atoms with Gasteiger partial charge in [0.25, 0.3) is 0 Å². The zero-order valence-electron chi connectivity index (χ0n) is 18.7. The van der Waals surface area contributed by atoms with Gasteiger partial charge in [0.15, 0.2) is 0 Å². The summed E-state index contributed by atoms with van der Waals surface area (Å²) in [5, 5.41) is 3.00. The Balaban J connectivity index is 1.62. The minimum atomic E-state index is -0.128. The van der Waals surface area contributed by atoms with Crippen molar-refractivity contribution in [1.82, 2.24) is 9.80 Å². The summed E-state index contributed by atoms with van der Waals surface area (Å²) in [6, 6.07) is 16.4. The van der Waals surface area contributed by atoms with Gasteiger partial charge in [-0.25, -0.2) is 4.79 Å². The van der Waals surface area contributed by atoms with E-state index >= 15 is 0 Å². The second-order valence-electron chi connectivity index (χ2n) is 9.34. The SMILES string of the molecule is CC(=O)N1CCC(CN(C)C(=O)Nc2cccc(-c3ccc(C(C)(C)C)cc3)c2)C1. The van der Waals surface area contributed by atoms with Crippen molar-refractivity contribution >= 4 is 17.6 Å². The van der Waals surface area contributed by atoms with Crippen molar-refractivity contribution in [1.29, 1.82) is 0 Å². The highest BCUT2D eigenvalue weighted by molar-refractivity contribution is 5.90. The van der Waals surface area contributed by atoms with Crippen LogP contribution in [0.25, 0.3) is 11.1 Å². The quantitative estimate of drug-likeness (QED) is 0.777. The monoisotopic (exact) mass is 407 g/mol. The van der Waals surface area contributed by atoms with Gasteiger partial charge >= 0.3 is 6.03 Å². The molecule has 1 atom stereocenters. The van der Waals surface area contributed by atoms with E-state index in [4.69, 9.17) is 0 Å². The highest BCUT2D eigenvalue weighted by Crippen LogP contribution is 2.27. The molecule has 1 heterocycles. The molecule has 1 saturated heterocycles. The number of carbonyl (C=O) groups excluding carboxylic acids is 2. The normalized spacial score (nSPS) is 16.4. The molecular weight excluding hydrogens is 374 g/mol. The first kappa shape index (κ1) is 21.9. The van der Waals surface area contributed by atoms with Crippen molar-refractivity contribution in [2.45, 2.75) is 39.5 Å². The van der Waals surface area contributed by atoms with Crippen LogP contribution in [-0.2, 0) is 10.2 Å². The van der Waals surface area contributed by atoms with Gasteiger partial charge in [-0.2, -0.15) is 0 Å². The molecule has 0 radical (unpaired) electrons. The molecule has 1 aliphatic heterocycles. The fourth-order valence-electron chi connectivity index (χ4n) is 3.90. The van der Waals surface area contributed by atoms with Gasteiger partial charge in [-0.1, -0.05) is 57.2 Å². The molecule has 0 bridgehead atoms. The van der Waals surface area contributed by atoms with Crippen LogP contribution >= 0.6 is 0 Å². The van der Waals surface area contributed by atoms with E-state index in [-0.39, 0.29) is 17.4 Å². The summed E-state index contributed by atoms with van der Waals surface area (Å²) in [5.74, 6) is 0.439. The van der Waals surface area contributed by atoms with Crippen molar-refractivity contribution in [2.24, 2.45) is 5.92 Å². The number of nitrogens with one attached hydrogen (secondary N) is 1. The lowest BCUT2D eigenvalue weighted by atomic mass is 9.86. The topological polar surface area (TPSA) is 52.7 Å². The first-order chi connectivity index (χ1) is 14.1. The number of hydrogen-bond donors (Lipinski definition) is 1. The number of likely N-dealkylation sites (tertiary alicyclic amines) is 1. The molecule has 5 heteroatoms. The van der Waals surface area contributed by atoms with Crippen LogP contribution in [0.1, 0.15) is 39.7 Å². The summed E-state index contributed by atoms with van der Waals surface area (Å²) < 4.78 is 0. The molecule has 3 rings (SSSR count). The van der Waals surface area contributed by atoms with Gasteiger partial charge in [-0.3, -0.25) is 4.79 Å². The van der Waals surface area contributed by atoms with E-state index in [0.29, 0.717) is 12.5 Å². The standard InChI is InChI=1S/C25H33N3O2/c1-18(29)28-14-13-19(17-28)16-27(5)24(30)26-23-8-6-7-21(15-23)20-9-11-22(12-10-20)25(2,3)4/h6-12,15,19H,13-14,16-17H2,1-5H3,(H,26,30). The second-order valence-corrected chi connectivity index (χ2v) is 9.34. The number of hydrogen-bond acceptors (Lipinski definition) is 2. The van der Waals surface area contributed by atoms with E-state index in [1.807, 2.05) is 23.1 Å². The zero-order valence-corrected chi connectivity index (χ0v) is 18.7. The Hall–Kier alpha value is -2.82. The Morgan fingerprint density at radius 3 is 2.40 bits per heavy atom. The van der Waals surface area contributed by atoms with Crippen LogP contribution in [0.5, 0.6) is 0 Å². The Morgan fingerprint density at radius 2 is 1.80 bits per heavy atom. The molecule has 0 spiro atoms. The average Bonchev–Trinajstić information content (AvgIpc) is 3.16.